The minimum Gasteiger partial charge on any atom is -0.497 e. The molecule has 0 atom stereocenters. The minimum atomic E-state index is -0.217. The molecule has 2 aromatic carbocycles. The lowest BCUT2D eigenvalue weighted by Gasteiger charge is -2.09. The fourth-order valence-corrected chi connectivity index (χ4v) is 2.01. The van der Waals surface area contributed by atoms with Crippen LogP contribution in [0.5, 0.6) is 5.75 Å². The summed E-state index contributed by atoms with van der Waals surface area (Å²) in [6.45, 7) is 2.54. The van der Waals surface area contributed by atoms with Crippen LogP contribution in [0.4, 0.5) is 10.5 Å². The second-order valence-electron chi connectivity index (χ2n) is 4.71. The van der Waals surface area contributed by atoms with Gasteiger partial charge in [-0.25, -0.2) is 4.79 Å². The molecule has 0 aliphatic carbocycles. The second-order valence-corrected chi connectivity index (χ2v) is 4.71. The molecular formula is C17H20N2O2. The molecule has 0 saturated carbocycles. The van der Waals surface area contributed by atoms with Gasteiger partial charge >= 0.3 is 6.03 Å². The van der Waals surface area contributed by atoms with Crippen molar-refractivity contribution < 1.29 is 9.53 Å². The van der Waals surface area contributed by atoms with Crippen molar-refractivity contribution in [2.75, 3.05) is 12.4 Å². The van der Waals surface area contributed by atoms with E-state index < -0.39 is 0 Å². The molecule has 2 N–H and O–H groups in total. The summed E-state index contributed by atoms with van der Waals surface area (Å²) in [5, 5.41) is 5.66. The maximum absolute atomic E-state index is 11.9. The largest absolute Gasteiger partial charge is 0.497 e. The van der Waals surface area contributed by atoms with Gasteiger partial charge in [-0.15, -0.1) is 0 Å². The molecule has 4 nitrogen and oxygen atoms in total. The van der Waals surface area contributed by atoms with Crippen LogP contribution in [0.1, 0.15) is 18.1 Å². The Morgan fingerprint density at radius 2 is 1.86 bits per heavy atom. The summed E-state index contributed by atoms with van der Waals surface area (Å²) >= 11 is 0. The summed E-state index contributed by atoms with van der Waals surface area (Å²) in [4.78, 5) is 11.9. The van der Waals surface area contributed by atoms with Crippen LogP contribution in [0.15, 0.2) is 48.5 Å². The summed E-state index contributed by atoms with van der Waals surface area (Å²) in [5.74, 6) is 0.783. The smallest absolute Gasteiger partial charge is 0.319 e. The van der Waals surface area contributed by atoms with Crippen LogP contribution < -0.4 is 15.4 Å². The number of carbonyl (C=O) groups is 1. The number of methoxy groups -OCH3 is 1. The van der Waals surface area contributed by atoms with Crippen molar-refractivity contribution in [2.45, 2.75) is 19.9 Å². The highest BCUT2D eigenvalue weighted by atomic mass is 16.5. The zero-order valence-electron chi connectivity index (χ0n) is 12.3. The summed E-state index contributed by atoms with van der Waals surface area (Å²) in [7, 11) is 1.62. The van der Waals surface area contributed by atoms with E-state index in [1.165, 1.54) is 5.56 Å². The van der Waals surface area contributed by atoms with Gasteiger partial charge in [-0.1, -0.05) is 31.2 Å². The van der Waals surface area contributed by atoms with Crippen LogP contribution in [-0.4, -0.2) is 13.1 Å². The molecule has 0 aliphatic heterocycles. The second kappa shape index (κ2) is 7.33. The van der Waals surface area contributed by atoms with Crippen molar-refractivity contribution in [3.63, 3.8) is 0 Å². The molecular weight excluding hydrogens is 264 g/mol. The van der Waals surface area contributed by atoms with Crippen molar-refractivity contribution in [1.82, 2.24) is 5.32 Å². The maximum Gasteiger partial charge on any atom is 0.319 e. The van der Waals surface area contributed by atoms with E-state index in [4.69, 9.17) is 4.74 Å². The molecule has 4 heteroatoms. The Balaban J connectivity index is 1.89. The van der Waals surface area contributed by atoms with Gasteiger partial charge in [0, 0.05) is 12.2 Å². The lowest BCUT2D eigenvalue weighted by atomic mass is 10.1. The molecule has 0 spiro atoms. The molecule has 0 unspecified atom stereocenters. The predicted octanol–water partition coefficient (Wildman–Crippen LogP) is 3.58. The van der Waals surface area contributed by atoms with E-state index in [0.29, 0.717) is 6.54 Å². The van der Waals surface area contributed by atoms with E-state index in [9.17, 15) is 4.79 Å². The van der Waals surface area contributed by atoms with Crippen LogP contribution in [0.2, 0.25) is 0 Å². The van der Waals surface area contributed by atoms with Crippen molar-refractivity contribution in [3.8, 4) is 5.75 Å². The number of hydrogen-bond donors (Lipinski definition) is 2. The fraction of sp³-hybridized carbons (Fsp3) is 0.235. The molecule has 0 bridgehead atoms. The zero-order chi connectivity index (χ0) is 15.1. The van der Waals surface area contributed by atoms with E-state index in [-0.39, 0.29) is 6.03 Å². The number of hydrogen-bond acceptors (Lipinski definition) is 2. The first-order valence-corrected chi connectivity index (χ1v) is 6.98. The van der Waals surface area contributed by atoms with Gasteiger partial charge in [0.1, 0.15) is 5.75 Å². The number of benzene rings is 2. The molecule has 110 valence electrons. The van der Waals surface area contributed by atoms with Crippen LogP contribution in [0.3, 0.4) is 0 Å². The molecule has 2 aromatic rings. The standard InChI is InChI=1S/C17H20N2O2/c1-3-13-6-4-8-15(10-13)19-17(20)18-12-14-7-5-9-16(11-14)21-2/h4-11H,3,12H2,1-2H3,(H2,18,19,20). The van der Waals surface area contributed by atoms with Crippen molar-refractivity contribution in [2.24, 2.45) is 0 Å². The first kappa shape index (κ1) is 14.9. The Labute approximate surface area is 125 Å². The summed E-state index contributed by atoms with van der Waals surface area (Å²) in [5.41, 5.74) is 2.99. The molecule has 2 rings (SSSR count). The van der Waals surface area contributed by atoms with Gasteiger partial charge in [-0.2, -0.15) is 0 Å². The van der Waals surface area contributed by atoms with E-state index in [1.807, 2.05) is 48.5 Å². The maximum atomic E-state index is 11.9. The highest BCUT2D eigenvalue weighted by molar-refractivity contribution is 5.89. The Bertz CT molecular complexity index is 611. The number of ether oxygens (including phenoxy) is 1. The monoisotopic (exact) mass is 284 g/mol. The predicted molar refractivity (Wildman–Crippen MR) is 84.7 cm³/mol. The van der Waals surface area contributed by atoms with Crippen LogP contribution in [0.25, 0.3) is 0 Å². The SMILES string of the molecule is CCc1cccc(NC(=O)NCc2cccc(OC)c2)c1. The first-order valence-electron chi connectivity index (χ1n) is 6.98. The summed E-state index contributed by atoms with van der Waals surface area (Å²) in [6.07, 6.45) is 0.945. The quantitative estimate of drug-likeness (QED) is 0.881. The molecule has 0 saturated heterocycles. The number of nitrogens with one attached hydrogen (secondary N) is 2. The number of anilines is 1. The van der Waals surface area contributed by atoms with E-state index in [2.05, 4.69) is 17.6 Å². The number of rotatable bonds is 5. The number of aryl methyl sites for hydroxylation is 1. The number of amides is 2. The normalized spacial score (nSPS) is 10.0. The fourth-order valence-electron chi connectivity index (χ4n) is 2.01. The first-order chi connectivity index (χ1) is 10.2. The third-order valence-electron chi connectivity index (χ3n) is 3.18. The Morgan fingerprint density at radius 3 is 2.62 bits per heavy atom. The summed E-state index contributed by atoms with van der Waals surface area (Å²) in [6, 6.07) is 15.2. The Hall–Kier alpha value is -2.49. The molecule has 21 heavy (non-hydrogen) atoms. The van der Waals surface area contributed by atoms with Gasteiger partial charge in [0.25, 0.3) is 0 Å². The van der Waals surface area contributed by atoms with E-state index in [1.54, 1.807) is 7.11 Å². The van der Waals surface area contributed by atoms with Gasteiger partial charge in [0.2, 0.25) is 0 Å². The Kier molecular flexibility index (Phi) is 5.21. The van der Waals surface area contributed by atoms with Gasteiger partial charge in [0.05, 0.1) is 7.11 Å². The van der Waals surface area contributed by atoms with Gasteiger partial charge < -0.3 is 15.4 Å². The van der Waals surface area contributed by atoms with Crippen molar-refractivity contribution >= 4 is 11.7 Å². The van der Waals surface area contributed by atoms with Crippen molar-refractivity contribution in [1.29, 1.82) is 0 Å². The molecule has 0 fully saturated rings. The molecule has 0 heterocycles. The zero-order valence-corrected chi connectivity index (χ0v) is 12.3. The molecule has 0 radical (unpaired) electrons. The average Bonchev–Trinajstić information content (AvgIpc) is 2.53. The lowest BCUT2D eigenvalue weighted by molar-refractivity contribution is 0.251. The van der Waals surface area contributed by atoms with Crippen LogP contribution in [0, 0.1) is 0 Å². The third-order valence-corrected chi connectivity index (χ3v) is 3.18. The molecule has 0 aromatic heterocycles. The number of carbonyl (C=O) groups excluding carboxylic acids is 1. The lowest BCUT2D eigenvalue weighted by Crippen LogP contribution is -2.28. The average molecular weight is 284 g/mol. The van der Waals surface area contributed by atoms with Gasteiger partial charge in [-0.3, -0.25) is 0 Å². The molecule has 0 aliphatic rings. The van der Waals surface area contributed by atoms with E-state index >= 15 is 0 Å². The van der Waals surface area contributed by atoms with Crippen LogP contribution in [-0.2, 0) is 13.0 Å². The highest BCUT2D eigenvalue weighted by Crippen LogP contribution is 2.13. The van der Waals surface area contributed by atoms with E-state index in [0.717, 1.165) is 23.4 Å². The van der Waals surface area contributed by atoms with Gasteiger partial charge in [0.15, 0.2) is 0 Å². The Morgan fingerprint density at radius 1 is 1.10 bits per heavy atom. The minimum absolute atomic E-state index is 0.217. The van der Waals surface area contributed by atoms with Crippen LogP contribution >= 0.6 is 0 Å². The highest BCUT2D eigenvalue weighted by Gasteiger charge is 2.03. The molecule has 2 amide bonds. The topological polar surface area (TPSA) is 50.4 Å². The third kappa shape index (κ3) is 4.53. The summed E-state index contributed by atoms with van der Waals surface area (Å²) < 4.78 is 5.15. The van der Waals surface area contributed by atoms with Crippen molar-refractivity contribution in [3.05, 3.63) is 59.7 Å². The van der Waals surface area contributed by atoms with Gasteiger partial charge in [-0.05, 0) is 41.8 Å². The number of urea groups is 1.